The molecule has 9 nitrogen and oxygen atoms in total. The second-order valence-corrected chi connectivity index (χ2v) is 8.01. The lowest BCUT2D eigenvalue weighted by molar-refractivity contribution is -0.124. The van der Waals surface area contributed by atoms with E-state index < -0.39 is 23.8 Å². The van der Waals surface area contributed by atoms with Crippen LogP contribution in [0.5, 0.6) is 0 Å². The van der Waals surface area contributed by atoms with Crippen LogP contribution in [-0.4, -0.2) is 65.2 Å². The Morgan fingerprint density at radius 1 is 1.07 bits per heavy atom. The van der Waals surface area contributed by atoms with Crippen molar-refractivity contribution < 1.29 is 24.6 Å². The van der Waals surface area contributed by atoms with Crippen molar-refractivity contribution in [1.82, 2.24) is 10.2 Å². The molecule has 2 fully saturated rings. The molecule has 30 heavy (non-hydrogen) atoms. The molecule has 9 heteroatoms. The van der Waals surface area contributed by atoms with Gasteiger partial charge in [0.15, 0.2) is 0 Å². The number of amides is 3. The quantitative estimate of drug-likeness (QED) is 0.561. The molecule has 1 aromatic carbocycles. The Kier molecular flexibility index (Phi) is 5.52. The number of nitrogens with zero attached hydrogens (tertiary/aromatic N) is 2. The van der Waals surface area contributed by atoms with Crippen molar-refractivity contribution in [1.29, 1.82) is 0 Å². The monoisotopic (exact) mass is 414 g/mol. The molecule has 160 valence electrons. The second-order valence-electron chi connectivity index (χ2n) is 8.01. The van der Waals surface area contributed by atoms with Gasteiger partial charge in [0, 0.05) is 43.6 Å². The van der Waals surface area contributed by atoms with Crippen molar-refractivity contribution in [2.75, 3.05) is 36.4 Å². The smallest absolute Gasteiger partial charge is 0.407 e. The molecule has 2 saturated heterocycles. The molecule has 3 aliphatic rings. The molecule has 0 radical (unpaired) electrons. The Morgan fingerprint density at radius 3 is 2.43 bits per heavy atom. The largest absolute Gasteiger partial charge is 0.511 e. The summed E-state index contributed by atoms with van der Waals surface area (Å²) in [6.07, 6.45) is 2.89. The molecule has 3 aliphatic heterocycles. The molecule has 4 rings (SSSR count). The first-order valence-electron chi connectivity index (χ1n) is 10.3. The molecular weight excluding hydrogens is 388 g/mol. The lowest BCUT2D eigenvalue weighted by Crippen LogP contribution is -2.56. The first-order chi connectivity index (χ1) is 14.4. The molecule has 0 saturated carbocycles. The molecule has 3 amide bonds. The van der Waals surface area contributed by atoms with Gasteiger partial charge in [0.2, 0.25) is 0 Å². The van der Waals surface area contributed by atoms with E-state index >= 15 is 0 Å². The van der Waals surface area contributed by atoms with E-state index in [0.29, 0.717) is 12.1 Å². The summed E-state index contributed by atoms with van der Waals surface area (Å²) in [5.74, 6) is -2.33. The minimum atomic E-state index is -1.09. The summed E-state index contributed by atoms with van der Waals surface area (Å²) in [7, 11) is 0. The number of hydrogen-bond donors (Lipinski definition) is 4. The van der Waals surface area contributed by atoms with Crippen molar-refractivity contribution in [3.05, 3.63) is 35.6 Å². The molecule has 1 aromatic rings. The van der Waals surface area contributed by atoms with Crippen molar-refractivity contribution in [3.63, 3.8) is 0 Å². The van der Waals surface area contributed by atoms with E-state index in [0.717, 1.165) is 18.8 Å². The highest BCUT2D eigenvalue weighted by Gasteiger charge is 2.42. The molecule has 0 spiro atoms. The fraction of sp³-hybridized carbons (Fsp3) is 0.476. The fourth-order valence-electron chi connectivity index (χ4n) is 4.44. The topological polar surface area (TPSA) is 122 Å². The zero-order chi connectivity index (χ0) is 21.3. The van der Waals surface area contributed by atoms with E-state index in [2.05, 4.69) is 15.5 Å². The predicted octanol–water partition coefficient (Wildman–Crippen LogP) is 1.93. The fourth-order valence-corrected chi connectivity index (χ4v) is 4.44. The molecule has 0 bridgehead atoms. The minimum absolute atomic E-state index is 0.0351. The number of carbonyl (C=O) groups is 3. The molecular formula is C21H26N4O5. The van der Waals surface area contributed by atoms with Crippen LogP contribution in [0.3, 0.4) is 0 Å². The van der Waals surface area contributed by atoms with Crippen LogP contribution in [0.2, 0.25) is 0 Å². The van der Waals surface area contributed by atoms with E-state index in [-0.39, 0.29) is 30.5 Å². The van der Waals surface area contributed by atoms with Crippen molar-refractivity contribution in [2.24, 2.45) is 5.92 Å². The maximum absolute atomic E-state index is 12.7. The Labute approximate surface area is 174 Å². The van der Waals surface area contributed by atoms with Gasteiger partial charge < -0.3 is 30.6 Å². The molecule has 2 unspecified atom stereocenters. The van der Waals surface area contributed by atoms with Crippen molar-refractivity contribution in [3.8, 4) is 0 Å². The summed E-state index contributed by atoms with van der Waals surface area (Å²) >= 11 is 0. The van der Waals surface area contributed by atoms with E-state index in [1.165, 1.54) is 24.2 Å². The Hall–Kier alpha value is -3.23. The number of rotatable bonds is 3. The summed E-state index contributed by atoms with van der Waals surface area (Å²) in [4.78, 5) is 39.9. The van der Waals surface area contributed by atoms with E-state index in [9.17, 15) is 24.6 Å². The molecule has 4 N–H and O–H groups in total. The number of piperidine rings is 2. The lowest BCUT2D eigenvalue weighted by atomic mass is 9.85. The van der Waals surface area contributed by atoms with E-state index in [1.807, 2.05) is 12.1 Å². The Morgan fingerprint density at radius 2 is 1.77 bits per heavy atom. The Balaban J connectivity index is 1.48. The van der Waals surface area contributed by atoms with Crippen LogP contribution in [0.15, 0.2) is 35.6 Å². The van der Waals surface area contributed by atoms with Crippen molar-refractivity contribution >= 4 is 29.3 Å². The Bertz CT molecular complexity index is 876. The van der Waals surface area contributed by atoms with E-state index in [1.54, 1.807) is 12.1 Å². The number of hydrogen-bond acceptors (Lipinski definition) is 5. The van der Waals surface area contributed by atoms with Crippen LogP contribution >= 0.6 is 0 Å². The molecule has 3 heterocycles. The summed E-state index contributed by atoms with van der Waals surface area (Å²) < 4.78 is 0. The van der Waals surface area contributed by atoms with Gasteiger partial charge in [-0.05, 0) is 49.9 Å². The van der Waals surface area contributed by atoms with Gasteiger partial charge in [-0.2, -0.15) is 0 Å². The van der Waals surface area contributed by atoms with Crippen LogP contribution in [0, 0.1) is 5.92 Å². The lowest BCUT2D eigenvalue weighted by Gasteiger charge is -2.40. The number of benzene rings is 1. The molecule has 2 atom stereocenters. The predicted molar refractivity (Wildman–Crippen MR) is 110 cm³/mol. The zero-order valence-corrected chi connectivity index (χ0v) is 16.6. The van der Waals surface area contributed by atoms with Gasteiger partial charge in [0.25, 0.3) is 11.8 Å². The number of nitrogens with one attached hydrogen (secondary N) is 2. The molecule has 0 aromatic heterocycles. The standard InChI is InChI=1S/C21H26N4O5/c26-18-15-12-25(21(29)30)11-8-16(15)23-20(28)17(18)19(27)22-13-4-6-14(7-5-13)24-9-2-1-3-10-24/h4-7,15-16,26H,1-3,8-12H2,(H,22,27)(H,23,28)(H,29,30). The average molecular weight is 414 g/mol. The number of aliphatic hydroxyl groups is 1. The minimum Gasteiger partial charge on any atom is -0.511 e. The highest BCUT2D eigenvalue weighted by atomic mass is 16.4. The summed E-state index contributed by atoms with van der Waals surface area (Å²) in [6, 6.07) is 7.02. The highest BCUT2D eigenvalue weighted by molar-refractivity contribution is 6.23. The van der Waals surface area contributed by atoms with Gasteiger partial charge in [-0.15, -0.1) is 0 Å². The number of carbonyl (C=O) groups excluding carboxylic acids is 2. The number of aliphatic hydroxyl groups excluding tert-OH is 1. The normalized spacial score (nSPS) is 24.2. The molecule has 0 aliphatic carbocycles. The summed E-state index contributed by atoms with van der Waals surface area (Å²) in [5, 5.41) is 25.2. The van der Waals surface area contributed by atoms with Gasteiger partial charge >= 0.3 is 6.09 Å². The first-order valence-corrected chi connectivity index (χ1v) is 10.3. The van der Waals surface area contributed by atoms with Crippen molar-refractivity contribution in [2.45, 2.75) is 31.7 Å². The van der Waals surface area contributed by atoms with E-state index in [4.69, 9.17) is 0 Å². The van der Waals surface area contributed by atoms with Gasteiger partial charge in [-0.1, -0.05) is 0 Å². The average Bonchev–Trinajstić information content (AvgIpc) is 2.74. The third-order valence-electron chi connectivity index (χ3n) is 6.11. The van der Waals surface area contributed by atoms with Gasteiger partial charge in [0.1, 0.15) is 11.3 Å². The van der Waals surface area contributed by atoms with Gasteiger partial charge in [-0.25, -0.2) is 4.79 Å². The third-order valence-corrected chi connectivity index (χ3v) is 6.11. The zero-order valence-electron chi connectivity index (χ0n) is 16.6. The van der Waals surface area contributed by atoms with Crippen LogP contribution in [0.4, 0.5) is 16.2 Å². The van der Waals surface area contributed by atoms with Crippen LogP contribution in [0.25, 0.3) is 0 Å². The maximum atomic E-state index is 12.7. The SMILES string of the molecule is O=C(Nc1ccc(N2CCCCC2)cc1)C1=C(O)C2CN(C(=O)O)CCC2NC1=O. The van der Waals surface area contributed by atoms with Gasteiger partial charge in [-0.3, -0.25) is 9.59 Å². The van der Waals surface area contributed by atoms with Gasteiger partial charge in [0.05, 0.1) is 5.92 Å². The van der Waals surface area contributed by atoms with Crippen LogP contribution in [0.1, 0.15) is 25.7 Å². The number of likely N-dealkylation sites (tertiary alicyclic amines) is 1. The second kappa shape index (κ2) is 8.25. The first kappa shape index (κ1) is 20.1. The summed E-state index contributed by atoms with van der Waals surface area (Å²) in [5.41, 5.74) is 1.25. The number of fused-ring (bicyclic) bond motifs is 1. The highest BCUT2D eigenvalue weighted by Crippen LogP contribution is 2.30. The third kappa shape index (κ3) is 3.92. The number of anilines is 2. The number of carboxylic acid groups (broad SMARTS) is 1. The van der Waals surface area contributed by atoms with Crippen LogP contribution in [-0.2, 0) is 9.59 Å². The summed E-state index contributed by atoms with van der Waals surface area (Å²) in [6.45, 7) is 2.34. The van der Waals surface area contributed by atoms with Crippen LogP contribution < -0.4 is 15.5 Å². The maximum Gasteiger partial charge on any atom is 0.407 e.